The van der Waals surface area contributed by atoms with E-state index in [4.69, 9.17) is 0 Å². The van der Waals surface area contributed by atoms with Crippen molar-refractivity contribution in [2.45, 2.75) is 6.42 Å². The zero-order chi connectivity index (χ0) is 18.4. The number of amides is 2. The number of carbonyl (C=O) groups excluding carboxylic acids is 2. The van der Waals surface area contributed by atoms with Crippen LogP contribution in [-0.4, -0.2) is 64.8 Å². The van der Waals surface area contributed by atoms with Gasteiger partial charge in [0, 0.05) is 38.9 Å². The smallest absolute Gasteiger partial charge is 0.272 e. The van der Waals surface area contributed by atoms with Gasteiger partial charge in [-0.3, -0.25) is 9.59 Å². The van der Waals surface area contributed by atoms with E-state index < -0.39 is 0 Å². The first-order valence-corrected chi connectivity index (χ1v) is 8.46. The largest absolute Gasteiger partial charge is 0.354 e. The van der Waals surface area contributed by atoms with Crippen LogP contribution in [0, 0.1) is 5.82 Å². The molecule has 8 heteroatoms. The fourth-order valence-corrected chi connectivity index (χ4v) is 2.77. The average Bonchev–Trinajstić information content (AvgIpc) is 2.69. The molecule has 0 unspecified atom stereocenters. The number of nitrogens with one attached hydrogen (secondary N) is 1. The van der Waals surface area contributed by atoms with E-state index >= 15 is 0 Å². The fraction of sp³-hybridized carbons (Fsp3) is 0.333. The molecule has 0 spiro atoms. The summed E-state index contributed by atoms with van der Waals surface area (Å²) in [4.78, 5) is 34.9. The first-order chi connectivity index (χ1) is 12.7. The summed E-state index contributed by atoms with van der Waals surface area (Å²) in [5.74, 6) is -0.0950. The third kappa shape index (κ3) is 4.33. The van der Waals surface area contributed by atoms with E-state index in [1.54, 1.807) is 34.1 Å². The third-order valence-corrected chi connectivity index (χ3v) is 4.26. The van der Waals surface area contributed by atoms with Crippen molar-refractivity contribution in [3.63, 3.8) is 0 Å². The predicted octanol–water partition coefficient (Wildman–Crippen LogP) is 1.18. The van der Waals surface area contributed by atoms with Gasteiger partial charge in [0.25, 0.3) is 5.91 Å². The molecule has 0 aliphatic carbocycles. The minimum absolute atomic E-state index is 0.185. The van der Waals surface area contributed by atoms with Gasteiger partial charge in [-0.1, -0.05) is 18.2 Å². The molecule has 0 bridgehead atoms. The van der Waals surface area contributed by atoms with Gasteiger partial charge in [0.2, 0.25) is 12.4 Å². The lowest BCUT2D eigenvalue weighted by atomic mass is 10.1. The van der Waals surface area contributed by atoms with Crippen molar-refractivity contribution in [2.75, 3.05) is 38.0 Å². The van der Waals surface area contributed by atoms with Crippen LogP contribution in [0.15, 0.2) is 36.5 Å². The SMILES string of the molecule is O=CN1CCN(C(=O)c2ccnc(NCCc3ccccc3F)n2)CC1. The summed E-state index contributed by atoms with van der Waals surface area (Å²) in [5, 5.41) is 3.02. The second-order valence-corrected chi connectivity index (χ2v) is 5.97. The normalized spacial score (nSPS) is 14.2. The lowest BCUT2D eigenvalue weighted by Crippen LogP contribution is -2.48. The second kappa shape index (κ2) is 8.37. The van der Waals surface area contributed by atoms with Gasteiger partial charge in [-0.25, -0.2) is 14.4 Å². The van der Waals surface area contributed by atoms with E-state index in [-0.39, 0.29) is 11.7 Å². The number of nitrogens with zero attached hydrogens (tertiary/aromatic N) is 4. The van der Waals surface area contributed by atoms with E-state index in [1.807, 2.05) is 0 Å². The van der Waals surface area contributed by atoms with Gasteiger partial charge in [0.15, 0.2) is 0 Å². The van der Waals surface area contributed by atoms with Crippen LogP contribution in [-0.2, 0) is 11.2 Å². The lowest BCUT2D eigenvalue weighted by Gasteiger charge is -2.32. The number of hydrogen-bond donors (Lipinski definition) is 1. The molecule has 1 aliphatic rings. The van der Waals surface area contributed by atoms with Crippen LogP contribution in [0.4, 0.5) is 10.3 Å². The summed E-state index contributed by atoms with van der Waals surface area (Å²) in [7, 11) is 0. The van der Waals surface area contributed by atoms with Crippen molar-refractivity contribution in [3.05, 3.63) is 53.6 Å². The number of rotatable bonds is 6. The van der Waals surface area contributed by atoms with Gasteiger partial charge in [-0.15, -0.1) is 0 Å². The second-order valence-electron chi connectivity index (χ2n) is 5.97. The van der Waals surface area contributed by atoms with Crippen molar-refractivity contribution in [1.82, 2.24) is 19.8 Å². The molecule has 0 saturated carbocycles. The molecule has 0 atom stereocenters. The van der Waals surface area contributed by atoms with Crippen LogP contribution in [0.2, 0.25) is 0 Å². The van der Waals surface area contributed by atoms with Crippen LogP contribution in [0.5, 0.6) is 0 Å². The highest BCUT2D eigenvalue weighted by Gasteiger charge is 2.22. The van der Waals surface area contributed by atoms with Gasteiger partial charge in [-0.2, -0.15) is 0 Å². The maximum Gasteiger partial charge on any atom is 0.272 e. The fourth-order valence-electron chi connectivity index (χ4n) is 2.77. The zero-order valence-corrected chi connectivity index (χ0v) is 14.3. The number of benzene rings is 1. The van der Waals surface area contributed by atoms with Gasteiger partial charge in [0.1, 0.15) is 11.5 Å². The number of hydrogen-bond acceptors (Lipinski definition) is 5. The molecule has 1 aliphatic heterocycles. The Morgan fingerprint density at radius 1 is 1.19 bits per heavy atom. The predicted molar refractivity (Wildman–Crippen MR) is 94.2 cm³/mol. The van der Waals surface area contributed by atoms with Crippen LogP contribution >= 0.6 is 0 Å². The summed E-state index contributed by atoms with van der Waals surface area (Å²) < 4.78 is 13.6. The molecule has 2 heterocycles. The zero-order valence-electron chi connectivity index (χ0n) is 14.3. The van der Waals surface area contributed by atoms with Gasteiger partial charge in [-0.05, 0) is 24.1 Å². The Labute approximate surface area is 150 Å². The number of halogens is 1. The quantitative estimate of drug-likeness (QED) is 0.786. The Bertz CT molecular complexity index is 778. The number of piperazine rings is 1. The van der Waals surface area contributed by atoms with E-state index in [1.165, 1.54) is 12.3 Å². The Hall–Kier alpha value is -3.03. The van der Waals surface area contributed by atoms with Gasteiger partial charge < -0.3 is 15.1 Å². The Kier molecular flexibility index (Phi) is 5.73. The number of carbonyl (C=O) groups is 2. The number of anilines is 1. The summed E-state index contributed by atoms with van der Waals surface area (Å²) in [6, 6.07) is 8.17. The van der Waals surface area contributed by atoms with Gasteiger partial charge in [0.05, 0.1) is 0 Å². The van der Waals surface area contributed by atoms with Crippen LogP contribution in [0.3, 0.4) is 0 Å². The average molecular weight is 357 g/mol. The molecule has 1 saturated heterocycles. The molecule has 0 radical (unpaired) electrons. The lowest BCUT2D eigenvalue weighted by molar-refractivity contribution is -0.119. The molecule has 3 rings (SSSR count). The molecule has 2 aromatic rings. The monoisotopic (exact) mass is 357 g/mol. The first-order valence-electron chi connectivity index (χ1n) is 8.46. The molecule has 136 valence electrons. The third-order valence-electron chi connectivity index (χ3n) is 4.26. The van der Waals surface area contributed by atoms with Gasteiger partial charge >= 0.3 is 0 Å². The van der Waals surface area contributed by atoms with Crippen molar-refractivity contribution < 1.29 is 14.0 Å². The van der Waals surface area contributed by atoms with Crippen molar-refractivity contribution >= 4 is 18.3 Å². The molecule has 1 aromatic heterocycles. The Balaban J connectivity index is 1.57. The highest BCUT2D eigenvalue weighted by Crippen LogP contribution is 2.10. The molecule has 7 nitrogen and oxygen atoms in total. The van der Waals surface area contributed by atoms with Crippen LogP contribution in [0.25, 0.3) is 0 Å². The number of aromatic nitrogens is 2. The highest BCUT2D eigenvalue weighted by atomic mass is 19.1. The molecular weight excluding hydrogens is 337 g/mol. The van der Waals surface area contributed by atoms with Crippen LogP contribution in [0.1, 0.15) is 16.1 Å². The van der Waals surface area contributed by atoms with Crippen molar-refractivity contribution in [2.24, 2.45) is 0 Å². The van der Waals surface area contributed by atoms with E-state index in [0.717, 1.165) is 6.41 Å². The summed E-state index contributed by atoms with van der Waals surface area (Å²) in [5.41, 5.74) is 0.910. The van der Waals surface area contributed by atoms with E-state index in [9.17, 15) is 14.0 Å². The van der Waals surface area contributed by atoms with Crippen molar-refractivity contribution in [1.29, 1.82) is 0 Å². The Morgan fingerprint density at radius 2 is 1.96 bits per heavy atom. The molecule has 1 aromatic carbocycles. The minimum atomic E-state index is -0.242. The standard InChI is InChI=1S/C18H20FN5O2/c19-15-4-2-1-3-14(15)5-7-20-18-21-8-6-16(22-18)17(26)24-11-9-23(13-25)10-12-24/h1-4,6,8,13H,5,7,9-12H2,(H,20,21,22). The van der Waals surface area contributed by atoms with Crippen LogP contribution < -0.4 is 5.32 Å². The summed E-state index contributed by atoms with van der Waals surface area (Å²) in [6.45, 7) is 2.47. The minimum Gasteiger partial charge on any atom is -0.354 e. The van der Waals surface area contributed by atoms with E-state index in [0.29, 0.717) is 56.4 Å². The molecule has 2 amide bonds. The first kappa shape index (κ1) is 17.8. The maximum absolute atomic E-state index is 13.6. The molecular formula is C18H20FN5O2. The van der Waals surface area contributed by atoms with Crippen molar-refractivity contribution in [3.8, 4) is 0 Å². The Morgan fingerprint density at radius 3 is 2.69 bits per heavy atom. The maximum atomic E-state index is 13.6. The summed E-state index contributed by atoms with van der Waals surface area (Å²) in [6.07, 6.45) is 2.80. The highest BCUT2D eigenvalue weighted by molar-refractivity contribution is 5.92. The molecule has 1 fully saturated rings. The van der Waals surface area contributed by atoms with E-state index in [2.05, 4.69) is 15.3 Å². The molecule has 26 heavy (non-hydrogen) atoms. The summed E-state index contributed by atoms with van der Waals surface area (Å²) >= 11 is 0. The topological polar surface area (TPSA) is 78.4 Å². The molecule has 1 N–H and O–H groups in total.